The molecule has 1 heterocycles. The number of nitrogens with one attached hydrogen (secondary N) is 1. The van der Waals surface area contributed by atoms with Gasteiger partial charge in [0.05, 0.1) is 11.4 Å². The lowest BCUT2D eigenvalue weighted by Gasteiger charge is -2.13. The Labute approximate surface area is 127 Å². The molecule has 1 aromatic heterocycles. The topological polar surface area (TPSA) is 59.3 Å². The molecule has 0 bridgehead atoms. The average molecular weight is 293 g/mol. The Morgan fingerprint density at radius 1 is 1.05 bits per heavy atom. The van der Waals surface area contributed by atoms with E-state index in [2.05, 4.69) is 5.32 Å². The predicted octanol–water partition coefficient (Wildman–Crippen LogP) is 3.28. The van der Waals surface area contributed by atoms with Gasteiger partial charge < -0.3 is 9.73 Å². The van der Waals surface area contributed by atoms with Gasteiger partial charge in [-0.25, -0.2) is 4.79 Å². The highest BCUT2D eigenvalue weighted by atomic mass is 16.4. The van der Waals surface area contributed by atoms with Crippen molar-refractivity contribution in [1.82, 2.24) is 5.32 Å². The fourth-order valence-corrected chi connectivity index (χ4v) is 2.34. The van der Waals surface area contributed by atoms with Crippen molar-refractivity contribution >= 4 is 16.7 Å². The van der Waals surface area contributed by atoms with Gasteiger partial charge in [0.15, 0.2) is 5.76 Å². The molecule has 1 N–H and O–H groups in total. The molecule has 110 valence electrons. The summed E-state index contributed by atoms with van der Waals surface area (Å²) in [5.74, 6) is -0.384. The Morgan fingerprint density at radius 2 is 1.73 bits per heavy atom. The van der Waals surface area contributed by atoms with Crippen LogP contribution in [0.5, 0.6) is 0 Å². The van der Waals surface area contributed by atoms with Crippen LogP contribution in [0.4, 0.5) is 0 Å². The van der Waals surface area contributed by atoms with E-state index in [1.165, 1.54) is 0 Å². The van der Waals surface area contributed by atoms with E-state index in [9.17, 15) is 9.59 Å². The Hall–Kier alpha value is -2.88. The smallest absolute Gasteiger partial charge is 0.344 e. The van der Waals surface area contributed by atoms with Gasteiger partial charge in [-0.3, -0.25) is 4.79 Å². The van der Waals surface area contributed by atoms with Crippen LogP contribution in [0.1, 0.15) is 29.1 Å². The minimum Gasteiger partial charge on any atom is -0.417 e. The highest BCUT2D eigenvalue weighted by Gasteiger charge is 2.15. The maximum Gasteiger partial charge on any atom is 0.344 e. The molecule has 0 spiro atoms. The maximum atomic E-state index is 12.3. The minimum absolute atomic E-state index is 0.0199. The predicted molar refractivity (Wildman–Crippen MR) is 84.8 cm³/mol. The Kier molecular flexibility index (Phi) is 3.74. The fourth-order valence-electron chi connectivity index (χ4n) is 2.34. The first-order valence-corrected chi connectivity index (χ1v) is 7.04. The van der Waals surface area contributed by atoms with E-state index in [0.29, 0.717) is 10.8 Å². The molecule has 0 aliphatic rings. The van der Waals surface area contributed by atoms with Gasteiger partial charge in [-0.1, -0.05) is 48.5 Å². The van der Waals surface area contributed by atoms with Gasteiger partial charge in [0.2, 0.25) is 0 Å². The summed E-state index contributed by atoms with van der Waals surface area (Å²) in [4.78, 5) is 24.2. The molecule has 1 amide bonds. The van der Waals surface area contributed by atoms with Crippen molar-refractivity contribution in [1.29, 1.82) is 0 Å². The zero-order valence-corrected chi connectivity index (χ0v) is 12.1. The quantitative estimate of drug-likeness (QED) is 0.806. The molecule has 0 fully saturated rings. The van der Waals surface area contributed by atoms with Crippen molar-refractivity contribution in [2.24, 2.45) is 0 Å². The van der Waals surface area contributed by atoms with Crippen LogP contribution in [0.15, 0.2) is 69.9 Å². The van der Waals surface area contributed by atoms with Crippen molar-refractivity contribution < 1.29 is 9.21 Å². The van der Waals surface area contributed by atoms with Gasteiger partial charge >= 0.3 is 5.63 Å². The summed E-state index contributed by atoms with van der Waals surface area (Å²) in [6, 6.07) is 18.0. The van der Waals surface area contributed by atoms with Crippen LogP contribution in [0, 0.1) is 0 Å². The number of fused-ring (bicyclic) bond motifs is 1. The lowest BCUT2D eigenvalue weighted by atomic mass is 10.1. The van der Waals surface area contributed by atoms with E-state index < -0.39 is 11.5 Å². The first kappa shape index (κ1) is 14.1. The second kappa shape index (κ2) is 5.85. The molecule has 22 heavy (non-hydrogen) atoms. The van der Waals surface area contributed by atoms with Gasteiger partial charge in [0.25, 0.3) is 5.91 Å². The molecule has 0 saturated heterocycles. The first-order valence-electron chi connectivity index (χ1n) is 7.04. The lowest BCUT2D eigenvalue weighted by molar-refractivity contribution is 0.0908. The third-order valence-corrected chi connectivity index (χ3v) is 3.54. The molecule has 4 heteroatoms. The highest BCUT2D eigenvalue weighted by Crippen LogP contribution is 2.14. The van der Waals surface area contributed by atoms with E-state index >= 15 is 0 Å². The molecule has 0 unspecified atom stereocenters. The van der Waals surface area contributed by atoms with Crippen LogP contribution in [-0.4, -0.2) is 5.91 Å². The Bertz CT molecular complexity index is 868. The number of benzene rings is 2. The minimum atomic E-state index is -0.504. The van der Waals surface area contributed by atoms with Crippen LogP contribution < -0.4 is 10.9 Å². The summed E-state index contributed by atoms with van der Waals surface area (Å²) in [5.41, 5.74) is 0.481. The van der Waals surface area contributed by atoms with Gasteiger partial charge in [0.1, 0.15) is 0 Å². The summed E-state index contributed by atoms with van der Waals surface area (Å²) in [6.45, 7) is 1.88. The van der Waals surface area contributed by atoms with Crippen LogP contribution in [-0.2, 0) is 0 Å². The largest absolute Gasteiger partial charge is 0.417 e. The summed E-state index contributed by atoms with van der Waals surface area (Å²) in [7, 11) is 0. The zero-order valence-electron chi connectivity index (χ0n) is 12.1. The van der Waals surface area contributed by atoms with E-state index in [4.69, 9.17) is 4.42 Å². The zero-order chi connectivity index (χ0) is 15.5. The molecule has 1 atom stereocenters. The van der Waals surface area contributed by atoms with Crippen molar-refractivity contribution in [2.45, 2.75) is 13.0 Å². The summed E-state index contributed by atoms with van der Waals surface area (Å²) >= 11 is 0. The third kappa shape index (κ3) is 2.76. The number of carbonyl (C=O) groups excluding carboxylic acids is 1. The molecular formula is C18H15NO3. The van der Waals surface area contributed by atoms with E-state index in [1.807, 2.05) is 43.3 Å². The normalized spacial score (nSPS) is 12.0. The van der Waals surface area contributed by atoms with Crippen molar-refractivity contribution in [3.63, 3.8) is 0 Å². The summed E-state index contributed by atoms with van der Waals surface area (Å²) in [6.07, 6.45) is 0. The van der Waals surface area contributed by atoms with Crippen molar-refractivity contribution in [3.05, 3.63) is 82.4 Å². The average Bonchev–Trinajstić information content (AvgIpc) is 2.55. The first-order chi connectivity index (χ1) is 10.6. The summed E-state index contributed by atoms with van der Waals surface area (Å²) in [5, 5.41) is 3.99. The molecule has 3 rings (SSSR count). The van der Waals surface area contributed by atoms with Gasteiger partial charge in [-0.05, 0) is 30.0 Å². The number of rotatable bonds is 3. The second-order valence-corrected chi connectivity index (χ2v) is 5.09. The Morgan fingerprint density at radius 3 is 2.50 bits per heavy atom. The van der Waals surface area contributed by atoms with Gasteiger partial charge in [-0.2, -0.15) is 0 Å². The fraction of sp³-hybridized carbons (Fsp3) is 0.111. The van der Waals surface area contributed by atoms with E-state index in [-0.39, 0.29) is 11.8 Å². The van der Waals surface area contributed by atoms with Crippen molar-refractivity contribution in [2.75, 3.05) is 0 Å². The summed E-state index contributed by atoms with van der Waals surface area (Å²) < 4.78 is 5.12. The van der Waals surface area contributed by atoms with Crippen LogP contribution in [0.3, 0.4) is 0 Å². The van der Waals surface area contributed by atoms with Crippen molar-refractivity contribution in [3.8, 4) is 0 Å². The molecule has 0 radical (unpaired) electrons. The van der Waals surface area contributed by atoms with Gasteiger partial charge in [-0.15, -0.1) is 0 Å². The molecule has 4 nitrogen and oxygen atoms in total. The van der Waals surface area contributed by atoms with E-state index in [0.717, 1.165) is 5.56 Å². The second-order valence-electron chi connectivity index (χ2n) is 5.09. The van der Waals surface area contributed by atoms with Crippen LogP contribution in [0.25, 0.3) is 10.8 Å². The molecule has 0 aliphatic heterocycles. The molecule has 2 aromatic carbocycles. The number of hydrogen-bond donors (Lipinski definition) is 1. The molecule has 0 saturated carbocycles. The van der Waals surface area contributed by atoms with Crippen LogP contribution >= 0.6 is 0 Å². The molecule has 0 aliphatic carbocycles. The van der Waals surface area contributed by atoms with E-state index in [1.54, 1.807) is 24.3 Å². The van der Waals surface area contributed by atoms with Crippen LogP contribution in [0.2, 0.25) is 0 Å². The number of carbonyl (C=O) groups is 1. The van der Waals surface area contributed by atoms with Gasteiger partial charge in [0, 0.05) is 0 Å². The third-order valence-electron chi connectivity index (χ3n) is 3.54. The lowest BCUT2D eigenvalue weighted by Crippen LogP contribution is -2.27. The molecular weight excluding hydrogens is 278 g/mol. The monoisotopic (exact) mass is 293 g/mol. The number of amides is 1. The Balaban J connectivity index is 1.88. The standard InChI is InChI=1S/C18H15NO3/c1-12(13-7-3-2-4-8-13)19-17(20)16-11-14-9-5-6-10-15(14)18(21)22-16/h2-12H,1H3,(H,19,20)/t12-/m0/s1. The molecule has 3 aromatic rings. The SMILES string of the molecule is C[C@H](NC(=O)c1cc2ccccc2c(=O)o1)c1ccccc1. The number of hydrogen-bond acceptors (Lipinski definition) is 3. The maximum absolute atomic E-state index is 12.3. The highest BCUT2D eigenvalue weighted by molar-refractivity contribution is 5.95.